The molecule has 1 fully saturated rings. The first-order valence-corrected chi connectivity index (χ1v) is 9.90. The van der Waals surface area contributed by atoms with Crippen molar-refractivity contribution in [1.29, 1.82) is 0 Å². The standard InChI is InChI=1S/C19H22BrN5O2/c1-24-7-6-13(10-24)14-9-22-25-18(21)16(20)17(23-19(14)25)12-4-2-11(3-5-12)8-15(26)27/h6-7,9-12H,2-5,8,21H2,1H3,(H,26,27). The molecule has 0 amide bonds. The number of carboxylic acid groups (broad SMARTS) is 1. The Morgan fingerprint density at radius 1 is 1.37 bits per heavy atom. The molecule has 0 saturated heterocycles. The lowest BCUT2D eigenvalue weighted by Gasteiger charge is -2.28. The van der Waals surface area contributed by atoms with Gasteiger partial charge in [-0.2, -0.15) is 9.61 Å². The number of fused-ring (bicyclic) bond motifs is 1. The zero-order valence-corrected chi connectivity index (χ0v) is 16.7. The van der Waals surface area contributed by atoms with E-state index in [1.807, 2.05) is 30.1 Å². The Bertz CT molecular complexity index is 1000. The van der Waals surface area contributed by atoms with E-state index in [9.17, 15) is 4.79 Å². The number of carbonyl (C=O) groups is 1. The number of anilines is 1. The van der Waals surface area contributed by atoms with Gasteiger partial charge in [-0.1, -0.05) is 0 Å². The van der Waals surface area contributed by atoms with Crippen LogP contribution in [0.1, 0.15) is 43.7 Å². The molecule has 0 aromatic carbocycles. The third-order valence-corrected chi connectivity index (χ3v) is 6.30. The number of nitrogen functional groups attached to an aromatic ring is 1. The highest BCUT2D eigenvalue weighted by atomic mass is 79.9. The summed E-state index contributed by atoms with van der Waals surface area (Å²) in [5, 5.41) is 13.4. The van der Waals surface area contributed by atoms with Gasteiger partial charge in [0.15, 0.2) is 5.65 Å². The average Bonchev–Trinajstić information content (AvgIpc) is 3.24. The number of hydrogen-bond acceptors (Lipinski definition) is 4. The van der Waals surface area contributed by atoms with E-state index in [-0.39, 0.29) is 18.3 Å². The van der Waals surface area contributed by atoms with Crippen molar-refractivity contribution in [3.63, 3.8) is 0 Å². The lowest BCUT2D eigenvalue weighted by molar-refractivity contribution is -0.138. The van der Waals surface area contributed by atoms with E-state index in [2.05, 4.69) is 21.0 Å². The predicted octanol–water partition coefficient (Wildman–Crippen LogP) is 3.83. The highest BCUT2D eigenvalue weighted by Gasteiger charge is 2.28. The van der Waals surface area contributed by atoms with Crippen molar-refractivity contribution < 1.29 is 9.90 Å². The van der Waals surface area contributed by atoms with Crippen LogP contribution >= 0.6 is 15.9 Å². The summed E-state index contributed by atoms with van der Waals surface area (Å²) in [6.45, 7) is 0. The first-order chi connectivity index (χ1) is 12.9. The molecule has 1 saturated carbocycles. The number of rotatable bonds is 4. The van der Waals surface area contributed by atoms with Crippen LogP contribution in [0.15, 0.2) is 29.1 Å². The Hall–Kier alpha value is -2.35. The molecule has 0 atom stereocenters. The van der Waals surface area contributed by atoms with Gasteiger partial charge in [0.25, 0.3) is 0 Å². The third-order valence-electron chi connectivity index (χ3n) is 5.49. The SMILES string of the molecule is Cn1ccc(-c2cnn3c(N)c(Br)c(C4CCC(CC(=O)O)CC4)nc23)c1. The molecule has 0 aliphatic heterocycles. The second kappa shape index (κ2) is 6.99. The number of hydrogen-bond donors (Lipinski definition) is 2. The predicted molar refractivity (Wildman–Crippen MR) is 106 cm³/mol. The first kappa shape index (κ1) is 18.0. The average molecular weight is 432 g/mol. The van der Waals surface area contributed by atoms with Gasteiger partial charge in [-0.25, -0.2) is 4.98 Å². The number of nitrogens with two attached hydrogens (primary N) is 1. The van der Waals surface area contributed by atoms with Gasteiger partial charge < -0.3 is 15.4 Å². The number of aryl methyl sites for hydroxylation is 1. The second-order valence-electron chi connectivity index (χ2n) is 7.37. The van der Waals surface area contributed by atoms with Gasteiger partial charge in [0, 0.05) is 42.9 Å². The van der Waals surface area contributed by atoms with Gasteiger partial charge >= 0.3 is 5.97 Å². The molecule has 1 aliphatic rings. The summed E-state index contributed by atoms with van der Waals surface area (Å²) in [6.07, 6.45) is 9.74. The van der Waals surface area contributed by atoms with Crippen molar-refractivity contribution in [1.82, 2.24) is 19.2 Å². The fraction of sp³-hybridized carbons (Fsp3) is 0.421. The Morgan fingerprint density at radius 2 is 2.11 bits per heavy atom. The zero-order valence-electron chi connectivity index (χ0n) is 15.1. The van der Waals surface area contributed by atoms with Crippen LogP contribution in [-0.4, -0.2) is 30.2 Å². The summed E-state index contributed by atoms with van der Waals surface area (Å²) in [5.41, 5.74) is 10.1. The largest absolute Gasteiger partial charge is 0.481 e. The van der Waals surface area contributed by atoms with Gasteiger partial charge in [0.1, 0.15) is 5.82 Å². The number of nitrogens with zero attached hydrogens (tertiary/aromatic N) is 4. The molecule has 0 spiro atoms. The molecule has 0 radical (unpaired) electrons. The fourth-order valence-electron chi connectivity index (χ4n) is 4.04. The summed E-state index contributed by atoms with van der Waals surface area (Å²) in [6, 6.07) is 2.04. The zero-order chi connectivity index (χ0) is 19.1. The van der Waals surface area contributed by atoms with Crippen molar-refractivity contribution in [2.45, 2.75) is 38.0 Å². The molecular formula is C19H22BrN5O2. The van der Waals surface area contributed by atoms with E-state index >= 15 is 0 Å². The van der Waals surface area contributed by atoms with Crippen LogP contribution < -0.4 is 5.73 Å². The first-order valence-electron chi connectivity index (χ1n) is 9.10. The van der Waals surface area contributed by atoms with Crippen LogP contribution in [0.25, 0.3) is 16.8 Å². The Morgan fingerprint density at radius 3 is 2.74 bits per heavy atom. The normalized spacial score (nSPS) is 20.2. The minimum Gasteiger partial charge on any atom is -0.481 e. The lowest BCUT2D eigenvalue weighted by Crippen LogP contribution is -2.18. The topological polar surface area (TPSA) is 98.4 Å². The molecule has 3 aromatic rings. The Kier molecular flexibility index (Phi) is 4.67. The van der Waals surface area contributed by atoms with Crippen molar-refractivity contribution in [2.75, 3.05) is 5.73 Å². The van der Waals surface area contributed by atoms with Gasteiger partial charge in [0.05, 0.1) is 16.4 Å². The van der Waals surface area contributed by atoms with Crippen molar-refractivity contribution >= 4 is 33.4 Å². The quantitative estimate of drug-likeness (QED) is 0.653. The van der Waals surface area contributed by atoms with Crippen LogP contribution in [0.4, 0.5) is 5.82 Å². The van der Waals surface area contributed by atoms with Crippen LogP contribution in [0.3, 0.4) is 0 Å². The Labute approximate surface area is 165 Å². The van der Waals surface area contributed by atoms with Crippen LogP contribution in [-0.2, 0) is 11.8 Å². The summed E-state index contributed by atoms with van der Waals surface area (Å²) >= 11 is 3.62. The van der Waals surface area contributed by atoms with Crippen LogP contribution in [0, 0.1) is 5.92 Å². The summed E-state index contributed by atoms with van der Waals surface area (Å²) in [5.74, 6) is 0.365. The van der Waals surface area contributed by atoms with Crippen molar-refractivity contribution in [3.05, 3.63) is 34.8 Å². The van der Waals surface area contributed by atoms with Gasteiger partial charge in [-0.15, -0.1) is 0 Å². The molecule has 7 nitrogen and oxygen atoms in total. The molecule has 8 heteroatoms. The summed E-state index contributed by atoms with van der Waals surface area (Å²) < 4.78 is 4.46. The van der Waals surface area contributed by atoms with Gasteiger partial charge in [-0.3, -0.25) is 4.79 Å². The van der Waals surface area contributed by atoms with Crippen LogP contribution in [0.5, 0.6) is 0 Å². The lowest BCUT2D eigenvalue weighted by atomic mass is 9.79. The molecule has 142 valence electrons. The molecule has 1 aliphatic carbocycles. The minimum atomic E-state index is -0.713. The minimum absolute atomic E-state index is 0.253. The molecule has 0 unspecified atom stereocenters. The maximum absolute atomic E-state index is 11.0. The second-order valence-corrected chi connectivity index (χ2v) is 8.16. The molecular weight excluding hydrogens is 410 g/mol. The number of aliphatic carboxylic acids is 1. The number of halogens is 1. The van der Waals surface area contributed by atoms with Crippen molar-refractivity contribution in [2.24, 2.45) is 13.0 Å². The molecule has 3 aromatic heterocycles. The summed E-state index contributed by atoms with van der Waals surface area (Å²) in [7, 11) is 1.98. The monoisotopic (exact) mass is 431 g/mol. The number of carboxylic acids is 1. The van der Waals surface area contributed by atoms with Crippen LogP contribution in [0.2, 0.25) is 0 Å². The van der Waals surface area contributed by atoms with Gasteiger partial charge in [0.2, 0.25) is 0 Å². The third kappa shape index (κ3) is 3.34. The molecule has 4 rings (SSSR count). The maximum atomic E-state index is 11.0. The van der Waals surface area contributed by atoms with E-state index in [0.29, 0.717) is 5.82 Å². The number of aromatic nitrogens is 4. The molecule has 3 N–H and O–H groups in total. The molecule has 3 heterocycles. The van der Waals surface area contributed by atoms with Crippen molar-refractivity contribution in [3.8, 4) is 11.1 Å². The molecule has 27 heavy (non-hydrogen) atoms. The van der Waals surface area contributed by atoms with E-state index in [1.54, 1.807) is 10.7 Å². The molecule has 0 bridgehead atoms. The fourth-order valence-corrected chi connectivity index (χ4v) is 4.62. The van der Waals surface area contributed by atoms with Gasteiger partial charge in [-0.05, 0) is 53.6 Å². The Balaban J connectivity index is 1.69. The highest BCUT2D eigenvalue weighted by molar-refractivity contribution is 9.10. The van der Waals surface area contributed by atoms with E-state index < -0.39 is 5.97 Å². The smallest absolute Gasteiger partial charge is 0.303 e. The maximum Gasteiger partial charge on any atom is 0.303 e. The van der Waals surface area contributed by atoms with E-state index in [4.69, 9.17) is 15.8 Å². The van der Waals surface area contributed by atoms with E-state index in [0.717, 1.165) is 52.6 Å². The van der Waals surface area contributed by atoms with E-state index in [1.165, 1.54) is 0 Å². The summed E-state index contributed by atoms with van der Waals surface area (Å²) in [4.78, 5) is 15.9. The highest BCUT2D eigenvalue weighted by Crippen LogP contribution is 2.41.